The first-order valence-corrected chi connectivity index (χ1v) is 15.4. The fourth-order valence-corrected chi connectivity index (χ4v) is 4.75. The molecule has 2 aromatic rings. The zero-order valence-electron chi connectivity index (χ0n) is 27.3. The zero-order valence-corrected chi connectivity index (χ0v) is 30.6. The highest BCUT2D eigenvalue weighted by molar-refractivity contribution is 9.09. The molecule has 12 nitrogen and oxygen atoms in total. The van der Waals surface area contributed by atoms with Gasteiger partial charge in [0.1, 0.15) is 11.5 Å². The lowest BCUT2D eigenvalue weighted by atomic mass is 10.1. The number of aliphatic hydroxyl groups is 1. The van der Waals surface area contributed by atoms with Crippen molar-refractivity contribution in [2.75, 3.05) is 65.4 Å². The molecule has 0 saturated heterocycles. The summed E-state index contributed by atoms with van der Waals surface area (Å²) < 4.78 is 15.9. The number of hydrogen-bond acceptors (Lipinski definition) is 10. The first-order chi connectivity index (χ1) is 20.5. The number of ether oxygens (including phenoxy) is 3. The fourth-order valence-electron chi connectivity index (χ4n) is 4.25. The third-order valence-corrected chi connectivity index (χ3v) is 7.24. The summed E-state index contributed by atoms with van der Waals surface area (Å²) in [5, 5.41) is 31.5. The molecule has 0 radical (unpaired) electrons. The van der Waals surface area contributed by atoms with E-state index in [1.807, 2.05) is 0 Å². The van der Waals surface area contributed by atoms with Crippen LogP contribution in [0.2, 0.25) is 0 Å². The van der Waals surface area contributed by atoms with Gasteiger partial charge in [0.15, 0.2) is 0 Å². The van der Waals surface area contributed by atoms with Crippen molar-refractivity contribution in [2.24, 2.45) is 0 Å². The van der Waals surface area contributed by atoms with Crippen molar-refractivity contribution in [3.8, 4) is 11.5 Å². The molecule has 0 unspecified atom stereocenters. The Morgan fingerprint density at radius 3 is 1.52 bits per heavy atom. The van der Waals surface area contributed by atoms with Crippen LogP contribution >= 0.6 is 32.9 Å². The van der Waals surface area contributed by atoms with Crippen LogP contribution < -0.4 is 9.47 Å². The lowest BCUT2D eigenvalue weighted by Gasteiger charge is -2.18. The molecule has 0 aliphatic carbocycles. The molecule has 1 N–H and O–H groups in total. The maximum Gasteiger partial charge on any atom is 0.276 e. The van der Waals surface area contributed by atoms with Gasteiger partial charge in [0.25, 0.3) is 11.4 Å². The smallest absolute Gasteiger partial charge is 0.276 e. The highest BCUT2D eigenvalue weighted by atomic mass is 79.9. The van der Waals surface area contributed by atoms with Gasteiger partial charge in [-0.25, -0.2) is 0 Å². The summed E-state index contributed by atoms with van der Waals surface area (Å²) in [6, 6.07) is 6.05. The molecule has 0 aliphatic rings. The van der Waals surface area contributed by atoms with E-state index in [1.165, 1.54) is 52.1 Å². The van der Waals surface area contributed by atoms with Crippen LogP contribution in [0.5, 0.6) is 11.5 Å². The summed E-state index contributed by atoms with van der Waals surface area (Å²) in [6.07, 6.45) is 0. The summed E-state index contributed by atoms with van der Waals surface area (Å²) in [5.74, 6) is 0.911. The predicted molar refractivity (Wildman–Crippen MR) is 184 cm³/mol. The van der Waals surface area contributed by atoms with E-state index in [0.29, 0.717) is 41.4 Å². The minimum absolute atomic E-state index is 0. The Labute approximate surface area is 280 Å². The normalized spacial score (nSPS) is 10.3. The molecule has 0 amide bonds. The Kier molecular flexibility index (Phi) is 24.8. The molecule has 0 aromatic heterocycles. The topological polar surface area (TPSA) is 141 Å². The number of likely N-dealkylation sites (N-methyl/N-ethyl adjacent to an activating group) is 1. The van der Waals surface area contributed by atoms with Crippen LogP contribution in [0.15, 0.2) is 24.3 Å². The van der Waals surface area contributed by atoms with Crippen LogP contribution in [0.3, 0.4) is 0 Å². The van der Waals surface area contributed by atoms with Gasteiger partial charge in [-0.05, 0) is 52.2 Å². The highest BCUT2D eigenvalue weighted by Crippen LogP contribution is 2.32. The number of methoxy groups -OCH3 is 2. The number of halogens is 2. The second kappa shape index (κ2) is 24.9. The third-order valence-electron chi connectivity index (χ3n) is 6.89. The third kappa shape index (κ3) is 14.6. The Hall–Kier alpha value is -2.36. The molecule has 0 atom stereocenters. The number of aliphatic hydroxyl groups excluding tert-OH is 1. The van der Waals surface area contributed by atoms with Crippen molar-refractivity contribution in [1.29, 1.82) is 0 Å². The number of alkyl halides is 1. The predicted octanol–water partition coefficient (Wildman–Crippen LogP) is 6.48. The van der Waals surface area contributed by atoms with Gasteiger partial charge in [-0.1, -0.05) is 43.6 Å². The maximum atomic E-state index is 10.9. The van der Waals surface area contributed by atoms with Crippen LogP contribution in [0, 0.1) is 34.1 Å². The van der Waals surface area contributed by atoms with Crippen molar-refractivity contribution in [2.45, 2.75) is 54.8 Å². The van der Waals surface area contributed by atoms with Crippen LogP contribution in [-0.2, 0) is 18.0 Å². The van der Waals surface area contributed by atoms with Gasteiger partial charge < -0.3 is 29.1 Å². The van der Waals surface area contributed by atoms with Crippen molar-refractivity contribution in [3.63, 3.8) is 0 Å². The zero-order chi connectivity index (χ0) is 32.9. The van der Waals surface area contributed by atoms with Gasteiger partial charge >= 0.3 is 0 Å². The molecule has 0 aliphatic heterocycles. The van der Waals surface area contributed by atoms with Gasteiger partial charge in [-0.2, -0.15) is 0 Å². The minimum atomic E-state index is -0.473. The molecular weight excluding hydrogens is 704 g/mol. The molecule has 44 heavy (non-hydrogen) atoms. The molecule has 0 heterocycles. The molecule has 14 heteroatoms. The van der Waals surface area contributed by atoms with E-state index in [1.54, 1.807) is 19.9 Å². The van der Waals surface area contributed by atoms with Gasteiger partial charge in [-0.15, -0.1) is 17.0 Å². The second-order valence-electron chi connectivity index (χ2n) is 9.27. The average molecular weight is 755 g/mol. The largest absolute Gasteiger partial charge is 0.496 e. The standard InChI is InChI=1S/C15H24N2O4.C9H11NO4.C6H14BrN.BrH/c1-5-16(6-2)9-10-21-11-13-7-8-14(17(18)19)12(3)15(13)20-4;1-6-8(10(12)13)4-3-7(5-11)9(6)14-2;1-3-8(4-2)6-5-7;/h7-8H,5-6,9-11H2,1-4H3;3-4,11H,5H2,1-2H3;3-6H2,1-2H3;1H. The highest BCUT2D eigenvalue weighted by Gasteiger charge is 2.18. The monoisotopic (exact) mass is 752 g/mol. The van der Waals surface area contributed by atoms with E-state index < -0.39 is 9.85 Å². The summed E-state index contributed by atoms with van der Waals surface area (Å²) in [6.45, 7) is 19.1. The summed E-state index contributed by atoms with van der Waals surface area (Å²) in [4.78, 5) is 25.3. The quantitative estimate of drug-likeness (QED) is 0.0877. The number of nitro benzene ring substituents is 2. The molecule has 0 saturated carbocycles. The minimum Gasteiger partial charge on any atom is -0.496 e. The van der Waals surface area contributed by atoms with Gasteiger partial charge in [0.2, 0.25) is 0 Å². The molecule has 252 valence electrons. The Bertz CT molecular complexity index is 1120. The number of hydrogen-bond donors (Lipinski definition) is 1. The van der Waals surface area contributed by atoms with E-state index in [4.69, 9.17) is 19.3 Å². The molecule has 0 fully saturated rings. The molecule has 0 bridgehead atoms. The van der Waals surface area contributed by atoms with Crippen LogP contribution in [-0.4, -0.2) is 90.2 Å². The van der Waals surface area contributed by atoms with E-state index in [-0.39, 0.29) is 35.0 Å². The van der Waals surface area contributed by atoms with E-state index in [2.05, 4.69) is 53.4 Å². The fraction of sp³-hybridized carbons (Fsp3) is 0.600. The summed E-state index contributed by atoms with van der Waals surface area (Å²) >= 11 is 3.39. The van der Waals surface area contributed by atoms with Crippen molar-refractivity contribution in [1.82, 2.24) is 9.80 Å². The second-order valence-corrected chi connectivity index (χ2v) is 10.1. The lowest BCUT2D eigenvalue weighted by molar-refractivity contribution is -0.385. The van der Waals surface area contributed by atoms with Gasteiger partial charge in [-0.3, -0.25) is 20.2 Å². The summed E-state index contributed by atoms with van der Waals surface area (Å²) in [7, 11) is 2.94. The Morgan fingerprint density at radius 1 is 0.773 bits per heavy atom. The maximum absolute atomic E-state index is 10.9. The number of nitro groups is 2. The van der Waals surface area contributed by atoms with Crippen molar-refractivity contribution >= 4 is 44.3 Å². The molecule has 2 aromatic carbocycles. The van der Waals surface area contributed by atoms with Crippen molar-refractivity contribution in [3.05, 3.63) is 66.7 Å². The van der Waals surface area contributed by atoms with E-state index in [9.17, 15) is 20.2 Å². The number of rotatable bonds is 16. The molecule has 2 rings (SSSR count). The first kappa shape index (κ1) is 43.8. The average Bonchev–Trinajstić information content (AvgIpc) is 3.00. The van der Waals surface area contributed by atoms with Crippen LogP contribution in [0.4, 0.5) is 11.4 Å². The molecule has 0 spiro atoms. The lowest BCUT2D eigenvalue weighted by Crippen LogP contribution is -2.27. The van der Waals surface area contributed by atoms with E-state index in [0.717, 1.165) is 30.5 Å². The van der Waals surface area contributed by atoms with Crippen LogP contribution in [0.1, 0.15) is 49.9 Å². The Morgan fingerprint density at radius 2 is 1.18 bits per heavy atom. The van der Waals surface area contributed by atoms with Gasteiger partial charge in [0.05, 0.1) is 55.0 Å². The van der Waals surface area contributed by atoms with E-state index >= 15 is 0 Å². The number of nitrogens with zero attached hydrogens (tertiary/aromatic N) is 4. The number of benzene rings is 2. The first-order valence-electron chi connectivity index (χ1n) is 14.3. The van der Waals surface area contributed by atoms with Gasteiger partial charge in [0, 0.05) is 41.7 Å². The summed E-state index contributed by atoms with van der Waals surface area (Å²) in [5.41, 5.74) is 2.42. The SMILES string of the molecule is Br.CCN(CC)CCBr.CCN(CC)CCOCc1ccc([N+](=O)[O-])c(C)c1OC.COc1c(CO)ccc([N+](=O)[O-])c1C. The molecular formula is C30H50Br2N4O8. The van der Waals surface area contributed by atoms with Crippen LogP contribution in [0.25, 0.3) is 0 Å². The Balaban J connectivity index is 0. The van der Waals surface area contributed by atoms with Crippen molar-refractivity contribution < 1.29 is 29.2 Å².